The summed E-state index contributed by atoms with van der Waals surface area (Å²) in [6.45, 7) is 0. The number of rotatable bonds is 1. The molecule has 1 aromatic carbocycles. The van der Waals surface area contributed by atoms with Crippen LogP contribution in [0.2, 0.25) is 0 Å². The van der Waals surface area contributed by atoms with Gasteiger partial charge in [-0.1, -0.05) is 62.9 Å². The zero-order valence-electron chi connectivity index (χ0n) is 6.33. The summed E-state index contributed by atoms with van der Waals surface area (Å²) in [7, 11) is 0. The topological polar surface area (TPSA) is 0 Å². The maximum absolute atomic E-state index is 13.2. The first-order chi connectivity index (χ1) is 5.95. The molecule has 72 valence electrons. The highest BCUT2D eigenvalue weighted by atomic mass is 79.9. The van der Waals surface area contributed by atoms with Gasteiger partial charge in [-0.3, -0.25) is 0 Å². The molecule has 0 amide bonds. The lowest BCUT2D eigenvalue weighted by atomic mass is 10.1. The van der Waals surface area contributed by atoms with Gasteiger partial charge in [0, 0.05) is 10.9 Å². The van der Waals surface area contributed by atoms with Crippen LogP contribution in [0.15, 0.2) is 18.2 Å². The van der Waals surface area contributed by atoms with Crippen molar-refractivity contribution in [2.45, 2.75) is 9.12 Å². The largest absolute Gasteiger partial charge is 0.216 e. The molecule has 1 aromatic rings. The van der Waals surface area contributed by atoms with Crippen LogP contribution < -0.4 is 0 Å². The van der Waals surface area contributed by atoms with Gasteiger partial charge in [-0.05, 0) is 11.6 Å². The van der Waals surface area contributed by atoms with Crippen molar-refractivity contribution >= 4 is 50.7 Å². The second-order valence-electron chi connectivity index (χ2n) is 2.44. The van der Waals surface area contributed by atoms with Crippen LogP contribution in [0.1, 0.15) is 11.1 Å². The minimum atomic E-state index is -1.56. The fraction of sp³-hybridized carbons (Fsp3) is 0.250. The summed E-state index contributed by atoms with van der Waals surface area (Å²) in [6.07, 6.45) is 0. The number of halogens is 5. The Morgan fingerprint density at radius 3 is 2.31 bits per heavy atom. The summed E-state index contributed by atoms with van der Waals surface area (Å²) in [5, 5.41) is 0.443. The molecule has 0 saturated carbocycles. The van der Waals surface area contributed by atoms with Crippen molar-refractivity contribution in [2.24, 2.45) is 0 Å². The molecule has 0 heterocycles. The third kappa shape index (κ3) is 2.98. The maximum atomic E-state index is 13.2. The fourth-order valence-corrected chi connectivity index (χ4v) is 1.64. The van der Waals surface area contributed by atoms with Gasteiger partial charge in [0.25, 0.3) is 0 Å². The highest BCUT2D eigenvalue weighted by Crippen LogP contribution is 2.38. The molecule has 0 spiro atoms. The first-order valence-electron chi connectivity index (χ1n) is 3.36. The van der Waals surface area contributed by atoms with Crippen LogP contribution in [0.5, 0.6) is 0 Å². The van der Waals surface area contributed by atoms with Crippen molar-refractivity contribution in [3.8, 4) is 0 Å². The second-order valence-corrected chi connectivity index (χ2v) is 5.28. The number of hydrogen-bond acceptors (Lipinski definition) is 0. The van der Waals surface area contributed by atoms with Gasteiger partial charge in [0.05, 0.1) is 0 Å². The molecule has 0 aromatic heterocycles. The third-order valence-corrected chi connectivity index (χ3v) is 2.78. The molecule has 0 unspecified atom stereocenters. The predicted molar refractivity (Wildman–Crippen MR) is 58.3 cm³/mol. The van der Waals surface area contributed by atoms with Crippen molar-refractivity contribution < 1.29 is 4.39 Å². The van der Waals surface area contributed by atoms with Crippen LogP contribution in [-0.2, 0) is 9.12 Å². The minimum Gasteiger partial charge on any atom is -0.207 e. The molecule has 0 N–H and O–H groups in total. The van der Waals surface area contributed by atoms with Crippen LogP contribution >= 0.6 is 50.7 Å². The zero-order chi connectivity index (χ0) is 10.1. The Kier molecular flexibility index (Phi) is 3.87. The molecule has 0 aliphatic rings. The molecular weight excluding hydrogens is 301 g/mol. The molecule has 0 atom stereocenters. The average molecular weight is 306 g/mol. The van der Waals surface area contributed by atoms with Crippen LogP contribution in [0.4, 0.5) is 4.39 Å². The van der Waals surface area contributed by atoms with Crippen LogP contribution in [0, 0.1) is 5.82 Å². The van der Waals surface area contributed by atoms with E-state index in [4.69, 9.17) is 34.8 Å². The summed E-state index contributed by atoms with van der Waals surface area (Å²) >= 11 is 19.9. The number of hydrogen-bond donors (Lipinski definition) is 0. The molecule has 1 rings (SSSR count). The summed E-state index contributed by atoms with van der Waals surface area (Å²) < 4.78 is 11.6. The maximum Gasteiger partial charge on any atom is 0.216 e. The van der Waals surface area contributed by atoms with Crippen molar-refractivity contribution in [3.63, 3.8) is 0 Å². The Balaban J connectivity index is 3.10. The van der Waals surface area contributed by atoms with E-state index in [2.05, 4.69) is 15.9 Å². The van der Waals surface area contributed by atoms with Gasteiger partial charge in [0.15, 0.2) is 0 Å². The predicted octanol–water partition coefficient (Wildman–Crippen LogP) is 4.55. The number of alkyl halides is 4. The number of benzene rings is 1. The van der Waals surface area contributed by atoms with E-state index in [0.29, 0.717) is 16.5 Å². The van der Waals surface area contributed by atoms with E-state index >= 15 is 0 Å². The molecule has 0 fully saturated rings. The van der Waals surface area contributed by atoms with Crippen LogP contribution in [0.25, 0.3) is 0 Å². The van der Waals surface area contributed by atoms with E-state index < -0.39 is 3.79 Å². The van der Waals surface area contributed by atoms with E-state index in [1.807, 2.05) is 0 Å². The van der Waals surface area contributed by atoms with E-state index in [0.717, 1.165) is 0 Å². The lowest BCUT2D eigenvalue weighted by Gasteiger charge is -2.11. The molecule has 13 heavy (non-hydrogen) atoms. The Labute approximate surface area is 99.1 Å². The van der Waals surface area contributed by atoms with E-state index in [-0.39, 0.29) is 5.82 Å². The van der Waals surface area contributed by atoms with E-state index in [1.165, 1.54) is 6.07 Å². The third-order valence-electron chi connectivity index (χ3n) is 1.52. The van der Waals surface area contributed by atoms with E-state index in [9.17, 15) is 4.39 Å². The van der Waals surface area contributed by atoms with Crippen molar-refractivity contribution in [1.82, 2.24) is 0 Å². The summed E-state index contributed by atoms with van der Waals surface area (Å²) in [5.41, 5.74) is 0.873. The molecule has 5 heteroatoms. The smallest absolute Gasteiger partial charge is 0.207 e. The Morgan fingerprint density at radius 2 is 1.92 bits per heavy atom. The minimum absolute atomic E-state index is 0.333. The average Bonchev–Trinajstić information content (AvgIpc) is 2.02. The van der Waals surface area contributed by atoms with Crippen molar-refractivity contribution in [2.75, 3.05) is 0 Å². The van der Waals surface area contributed by atoms with Gasteiger partial charge in [-0.25, -0.2) is 4.39 Å². The monoisotopic (exact) mass is 304 g/mol. The summed E-state index contributed by atoms with van der Waals surface area (Å²) in [4.78, 5) is 0. The molecule has 0 aliphatic carbocycles. The molecule has 0 radical (unpaired) electrons. The van der Waals surface area contributed by atoms with Gasteiger partial charge in [-0.2, -0.15) is 0 Å². The highest BCUT2D eigenvalue weighted by Gasteiger charge is 2.23. The Bertz CT molecular complexity index is 309. The van der Waals surface area contributed by atoms with Gasteiger partial charge >= 0.3 is 0 Å². The lowest BCUT2D eigenvalue weighted by Crippen LogP contribution is -2.01. The first-order valence-corrected chi connectivity index (χ1v) is 5.62. The molecule has 0 bridgehead atoms. The van der Waals surface area contributed by atoms with Gasteiger partial charge in [0.2, 0.25) is 3.79 Å². The zero-order valence-corrected chi connectivity index (χ0v) is 10.2. The van der Waals surface area contributed by atoms with Crippen LogP contribution in [0.3, 0.4) is 0 Å². The van der Waals surface area contributed by atoms with Crippen LogP contribution in [-0.4, -0.2) is 0 Å². The Hall–Kier alpha value is 0.500. The SMILES string of the molecule is Fc1cc(C(Cl)(Cl)Cl)ccc1CBr. The summed E-state index contributed by atoms with van der Waals surface area (Å²) in [5.74, 6) is -0.374. The molecule has 0 nitrogen and oxygen atoms in total. The van der Waals surface area contributed by atoms with E-state index in [1.54, 1.807) is 12.1 Å². The van der Waals surface area contributed by atoms with Crippen molar-refractivity contribution in [1.29, 1.82) is 0 Å². The van der Waals surface area contributed by atoms with Gasteiger partial charge in [0.1, 0.15) is 5.82 Å². The van der Waals surface area contributed by atoms with Crippen molar-refractivity contribution in [3.05, 3.63) is 35.1 Å². The second kappa shape index (κ2) is 4.35. The Morgan fingerprint density at radius 1 is 1.31 bits per heavy atom. The van der Waals surface area contributed by atoms with Gasteiger partial charge < -0.3 is 0 Å². The molecule has 0 saturated heterocycles. The normalized spacial score (nSPS) is 11.8. The van der Waals surface area contributed by atoms with Gasteiger partial charge in [-0.15, -0.1) is 0 Å². The standard InChI is InChI=1S/C8H5BrCl3F/c9-4-5-1-2-6(3-7(5)13)8(10,11)12/h1-3H,4H2. The lowest BCUT2D eigenvalue weighted by molar-refractivity contribution is 0.615. The highest BCUT2D eigenvalue weighted by molar-refractivity contribution is 9.08. The fourth-order valence-electron chi connectivity index (χ4n) is 0.832. The quantitative estimate of drug-likeness (QED) is 0.668. The molecular formula is C8H5BrCl3F. The summed E-state index contributed by atoms with van der Waals surface area (Å²) in [6, 6.07) is 4.40. The first kappa shape index (κ1) is 11.6. The molecule has 0 aliphatic heterocycles.